The smallest absolute Gasteiger partial charge is 0.128 e. The van der Waals surface area contributed by atoms with Gasteiger partial charge in [0.2, 0.25) is 0 Å². The van der Waals surface area contributed by atoms with E-state index in [-0.39, 0.29) is 0 Å². The maximum atomic E-state index is 4.59. The fourth-order valence-electron chi connectivity index (χ4n) is 2.82. The highest BCUT2D eigenvalue weighted by atomic mass is 15.1. The molecule has 1 aromatic carbocycles. The van der Waals surface area contributed by atoms with Gasteiger partial charge in [-0.1, -0.05) is 30.3 Å². The van der Waals surface area contributed by atoms with Gasteiger partial charge in [0.1, 0.15) is 11.6 Å². The first-order valence-electron chi connectivity index (χ1n) is 7.39. The zero-order chi connectivity index (χ0) is 13.8. The Hall–Kier alpha value is -2.03. The van der Waals surface area contributed by atoms with Crippen molar-refractivity contribution in [3.63, 3.8) is 0 Å². The summed E-state index contributed by atoms with van der Waals surface area (Å²) >= 11 is 0. The lowest BCUT2D eigenvalue weighted by Gasteiger charge is -2.26. The molecule has 0 spiro atoms. The minimum absolute atomic E-state index is 0.481. The Morgan fingerprint density at radius 2 is 1.85 bits per heavy atom. The van der Waals surface area contributed by atoms with E-state index in [4.69, 9.17) is 0 Å². The van der Waals surface area contributed by atoms with Crippen LogP contribution in [0, 0.1) is 0 Å². The largest absolute Gasteiger partial charge is 0.370 e. The van der Waals surface area contributed by atoms with Crippen LogP contribution in [-0.4, -0.2) is 17.6 Å². The fraction of sp³-hybridized carbons (Fsp3) is 0.353. The molecule has 1 unspecified atom stereocenters. The number of benzene rings is 1. The molecule has 0 bridgehead atoms. The normalized spacial score (nSPS) is 17.4. The summed E-state index contributed by atoms with van der Waals surface area (Å²) in [5.41, 5.74) is 2.97. The molecule has 1 atom stereocenters. The summed E-state index contributed by atoms with van der Waals surface area (Å²) in [6, 6.07) is 15.3. The Labute approximate surface area is 120 Å². The molecule has 0 amide bonds. The van der Waals surface area contributed by atoms with Gasteiger partial charge in [0.15, 0.2) is 0 Å². The minimum atomic E-state index is 0.481. The molecule has 1 aliphatic rings. The SMILES string of the molecule is CCNc1cccc(NC2CCc3ccccc3C2)n1. The van der Waals surface area contributed by atoms with Gasteiger partial charge in [0, 0.05) is 12.6 Å². The molecule has 20 heavy (non-hydrogen) atoms. The Kier molecular flexibility index (Phi) is 3.86. The van der Waals surface area contributed by atoms with Gasteiger partial charge >= 0.3 is 0 Å². The minimum Gasteiger partial charge on any atom is -0.370 e. The zero-order valence-electron chi connectivity index (χ0n) is 11.9. The first-order chi connectivity index (χ1) is 9.85. The average molecular weight is 267 g/mol. The van der Waals surface area contributed by atoms with E-state index in [1.165, 1.54) is 17.5 Å². The van der Waals surface area contributed by atoms with Crippen molar-refractivity contribution in [1.82, 2.24) is 4.98 Å². The molecule has 3 heteroatoms. The van der Waals surface area contributed by atoms with Crippen molar-refractivity contribution in [2.45, 2.75) is 32.2 Å². The lowest BCUT2D eigenvalue weighted by atomic mass is 9.88. The molecule has 0 saturated heterocycles. The number of anilines is 2. The maximum Gasteiger partial charge on any atom is 0.128 e. The first kappa shape index (κ1) is 13.0. The third-order valence-corrected chi connectivity index (χ3v) is 3.81. The summed E-state index contributed by atoms with van der Waals surface area (Å²) in [5.74, 6) is 1.90. The standard InChI is InChI=1S/C17H21N3/c1-2-18-16-8-5-9-17(20-16)19-15-11-10-13-6-3-4-7-14(13)12-15/h3-9,15H,2,10-12H2,1H3,(H2,18,19,20). The molecule has 0 fully saturated rings. The fourth-order valence-corrected chi connectivity index (χ4v) is 2.82. The second kappa shape index (κ2) is 5.95. The van der Waals surface area contributed by atoms with Gasteiger partial charge in [-0.3, -0.25) is 0 Å². The molecule has 1 aromatic heterocycles. The van der Waals surface area contributed by atoms with E-state index < -0.39 is 0 Å². The van der Waals surface area contributed by atoms with Crippen LogP contribution in [0.2, 0.25) is 0 Å². The number of aromatic nitrogens is 1. The molecule has 0 radical (unpaired) electrons. The average Bonchev–Trinajstić information content (AvgIpc) is 2.48. The number of pyridine rings is 1. The van der Waals surface area contributed by atoms with Crippen LogP contribution in [0.5, 0.6) is 0 Å². The summed E-state index contributed by atoms with van der Waals surface area (Å²) < 4.78 is 0. The van der Waals surface area contributed by atoms with Crippen LogP contribution in [0.1, 0.15) is 24.5 Å². The molecule has 0 aliphatic heterocycles. The van der Waals surface area contributed by atoms with E-state index in [2.05, 4.69) is 46.8 Å². The van der Waals surface area contributed by atoms with Crippen LogP contribution in [0.25, 0.3) is 0 Å². The van der Waals surface area contributed by atoms with Gasteiger partial charge < -0.3 is 10.6 Å². The molecule has 104 valence electrons. The second-order valence-electron chi connectivity index (χ2n) is 5.29. The lowest BCUT2D eigenvalue weighted by Crippen LogP contribution is -2.27. The third kappa shape index (κ3) is 2.93. The van der Waals surface area contributed by atoms with Gasteiger partial charge in [-0.2, -0.15) is 0 Å². The van der Waals surface area contributed by atoms with Crippen molar-refractivity contribution >= 4 is 11.6 Å². The summed E-state index contributed by atoms with van der Waals surface area (Å²) in [6.07, 6.45) is 3.41. The first-order valence-corrected chi connectivity index (χ1v) is 7.39. The molecule has 0 saturated carbocycles. The highest BCUT2D eigenvalue weighted by molar-refractivity contribution is 5.46. The van der Waals surface area contributed by atoms with Crippen LogP contribution in [0.15, 0.2) is 42.5 Å². The highest BCUT2D eigenvalue weighted by Gasteiger charge is 2.18. The summed E-state index contributed by atoms with van der Waals surface area (Å²) in [5, 5.41) is 6.82. The molecule has 1 aliphatic carbocycles. The van der Waals surface area contributed by atoms with E-state index >= 15 is 0 Å². The molecular formula is C17H21N3. The predicted octanol–water partition coefficient (Wildman–Crippen LogP) is 3.48. The number of nitrogens with one attached hydrogen (secondary N) is 2. The van der Waals surface area contributed by atoms with Crippen LogP contribution >= 0.6 is 0 Å². The second-order valence-corrected chi connectivity index (χ2v) is 5.29. The Morgan fingerprint density at radius 3 is 2.70 bits per heavy atom. The van der Waals surface area contributed by atoms with Gasteiger partial charge in [0.05, 0.1) is 0 Å². The number of aryl methyl sites for hydroxylation is 1. The molecule has 2 N–H and O–H groups in total. The zero-order valence-corrected chi connectivity index (χ0v) is 11.9. The van der Waals surface area contributed by atoms with E-state index in [0.717, 1.165) is 31.0 Å². The van der Waals surface area contributed by atoms with E-state index in [9.17, 15) is 0 Å². The monoisotopic (exact) mass is 267 g/mol. The van der Waals surface area contributed by atoms with Crippen molar-refractivity contribution < 1.29 is 0 Å². The molecule has 1 heterocycles. The summed E-state index contributed by atoms with van der Waals surface area (Å²) in [7, 11) is 0. The molecule has 3 rings (SSSR count). The molecular weight excluding hydrogens is 246 g/mol. The van der Waals surface area contributed by atoms with Crippen molar-refractivity contribution in [2.75, 3.05) is 17.2 Å². The van der Waals surface area contributed by atoms with Crippen LogP contribution < -0.4 is 10.6 Å². The number of hydrogen-bond donors (Lipinski definition) is 2. The van der Waals surface area contributed by atoms with Crippen molar-refractivity contribution in [3.8, 4) is 0 Å². The van der Waals surface area contributed by atoms with Crippen LogP contribution in [-0.2, 0) is 12.8 Å². The topological polar surface area (TPSA) is 37.0 Å². The number of hydrogen-bond acceptors (Lipinski definition) is 3. The predicted molar refractivity (Wildman–Crippen MR) is 84.3 cm³/mol. The molecule has 2 aromatic rings. The number of rotatable bonds is 4. The maximum absolute atomic E-state index is 4.59. The van der Waals surface area contributed by atoms with Gasteiger partial charge in [-0.15, -0.1) is 0 Å². The van der Waals surface area contributed by atoms with E-state index in [1.54, 1.807) is 0 Å². The Bertz CT molecular complexity index is 580. The highest BCUT2D eigenvalue weighted by Crippen LogP contribution is 2.23. The van der Waals surface area contributed by atoms with Gasteiger partial charge in [-0.25, -0.2) is 4.98 Å². The summed E-state index contributed by atoms with van der Waals surface area (Å²) in [4.78, 5) is 4.59. The third-order valence-electron chi connectivity index (χ3n) is 3.81. The van der Waals surface area contributed by atoms with Crippen molar-refractivity contribution in [2.24, 2.45) is 0 Å². The molecule has 3 nitrogen and oxygen atoms in total. The van der Waals surface area contributed by atoms with Gasteiger partial charge in [-0.05, 0) is 49.4 Å². The Morgan fingerprint density at radius 1 is 1.05 bits per heavy atom. The number of nitrogens with zero attached hydrogens (tertiary/aromatic N) is 1. The van der Waals surface area contributed by atoms with E-state index in [0.29, 0.717) is 6.04 Å². The van der Waals surface area contributed by atoms with Crippen molar-refractivity contribution in [3.05, 3.63) is 53.6 Å². The van der Waals surface area contributed by atoms with Crippen LogP contribution in [0.4, 0.5) is 11.6 Å². The number of fused-ring (bicyclic) bond motifs is 1. The lowest BCUT2D eigenvalue weighted by molar-refractivity contribution is 0.609. The quantitative estimate of drug-likeness (QED) is 0.890. The summed E-state index contributed by atoms with van der Waals surface area (Å²) in [6.45, 7) is 2.98. The Balaban J connectivity index is 1.69. The van der Waals surface area contributed by atoms with E-state index in [1.807, 2.05) is 18.2 Å². The van der Waals surface area contributed by atoms with Gasteiger partial charge in [0.25, 0.3) is 0 Å². The van der Waals surface area contributed by atoms with Crippen LogP contribution in [0.3, 0.4) is 0 Å². The van der Waals surface area contributed by atoms with Crippen molar-refractivity contribution in [1.29, 1.82) is 0 Å².